The molecule has 5 amide bonds. The van der Waals surface area contributed by atoms with E-state index in [9.17, 15) is 29.1 Å². The number of imidazole rings is 1. The van der Waals surface area contributed by atoms with Gasteiger partial charge in [0.15, 0.2) is 0 Å². The molecule has 0 bridgehead atoms. The van der Waals surface area contributed by atoms with Crippen LogP contribution in [0.2, 0.25) is 0 Å². The van der Waals surface area contributed by atoms with E-state index < -0.39 is 60.2 Å². The van der Waals surface area contributed by atoms with Crippen LogP contribution in [0.4, 0.5) is 0 Å². The molecule has 1 fully saturated rings. The minimum atomic E-state index is -1.02. The number of halogens is 2. The van der Waals surface area contributed by atoms with Crippen molar-refractivity contribution >= 4 is 54.3 Å². The van der Waals surface area contributed by atoms with E-state index in [-0.39, 0.29) is 43.4 Å². The first kappa shape index (κ1) is 35.1. The van der Waals surface area contributed by atoms with Gasteiger partial charge in [-0.25, -0.2) is 4.98 Å². The fraction of sp³-hybridized carbons (Fsp3) is 0.440. The lowest BCUT2D eigenvalue weighted by Crippen LogP contribution is -2.55. The van der Waals surface area contributed by atoms with E-state index in [1.54, 1.807) is 12.1 Å². The molecule has 0 aliphatic carbocycles. The fourth-order valence-electron chi connectivity index (χ4n) is 4.27. The van der Waals surface area contributed by atoms with Crippen LogP contribution >= 0.6 is 24.8 Å². The normalized spacial score (nSPS) is 16.2. The lowest BCUT2D eigenvalue weighted by atomic mass is 10.1. The molecule has 9 N–H and O–H groups in total. The Bertz CT molecular complexity index is 1180. The largest absolute Gasteiger partial charge is 0.508 e. The molecule has 1 aromatic carbocycles. The smallest absolute Gasteiger partial charge is 0.246 e. The van der Waals surface area contributed by atoms with E-state index in [0.29, 0.717) is 25.1 Å². The third kappa shape index (κ3) is 10.2. The molecule has 0 spiro atoms. The van der Waals surface area contributed by atoms with Gasteiger partial charge in [-0.1, -0.05) is 12.1 Å². The Hall–Kier alpha value is -3.88. The van der Waals surface area contributed by atoms with Crippen molar-refractivity contribution in [2.45, 2.75) is 56.8 Å². The molecule has 1 aromatic heterocycles. The van der Waals surface area contributed by atoms with Gasteiger partial charge in [0.2, 0.25) is 29.5 Å². The number of rotatable bonds is 12. The Labute approximate surface area is 249 Å². The number of hydrogen-bond donors (Lipinski definition) is 7. The second kappa shape index (κ2) is 16.4. The number of aromatic amines is 1. The van der Waals surface area contributed by atoms with Crippen molar-refractivity contribution in [2.24, 2.45) is 11.5 Å². The molecular weight excluding hydrogens is 579 g/mol. The summed E-state index contributed by atoms with van der Waals surface area (Å²) in [6.45, 7) is 1.33. The maximum absolute atomic E-state index is 13.2. The number of aromatic nitrogens is 2. The number of primary amides is 1. The van der Waals surface area contributed by atoms with Crippen LogP contribution in [0.1, 0.15) is 31.0 Å². The number of nitrogens with one attached hydrogen (secondary N) is 4. The van der Waals surface area contributed by atoms with Crippen LogP contribution in [0.3, 0.4) is 0 Å². The summed E-state index contributed by atoms with van der Waals surface area (Å²) in [6, 6.07) is 2.55. The van der Waals surface area contributed by atoms with Crippen molar-refractivity contribution < 1.29 is 29.1 Å². The summed E-state index contributed by atoms with van der Waals surface area (Å²) in [6.07, 6.45) is 4.30. The van der Waals surface area contributed by atoms with Crippen LogP contribution < -0.4 is 27.4 Å². The van der Waals surface area contributed by atoms with Gasteiger partial charge in [0.1, 0.15) is 23.9 Å². The number of nitrogens with two attached hydrogens (primary N) is 2. The third-order valence-corrected chi connectivity index (χ3v) is 6.38. The van der Waals surface area contributed by atoms with Gasteiger partial charge in [-0.15, -0.1) is 24.8 Å². The van der Waals surface area contributed by atoms with Crippen LogP contribution in [-0.4, -0.2) is 86.8 Å². The van der Waals surface area contributed by atoms with Crippen molar-refractivity contribution in [3.05, 3.63) is 48.0 Å². The number of likely N-dealkylation sites (tertiary alicyclic amines) is 1. The highest BCUT2D eigenvalue weighted by Crippen LogP contribution is 2.19. The van der Waals surface area contributed by atoms with Crippen LogP contribution in [0, 0.1) is 0 Å². The Kier molecular flexibility index (Phi) is 14.1. The molecule has 1 saturated heterocycles. The fourth-order valence-corrected chi connectivity index (χ4v) is 4.27. The first-order valence-electron chi connectivity index (χ1n) is 12.5. The van der Waals surface area contributed by atoms with Crippen LogP contribution in [0.5, 0.6) is 5.75 Å². The number of benzene rings is 1. The predicted octanol–water partition coefficient (Wildman–Crippen LogP) is -1.35. The Morgan fingerprint density at radius 3 is 2.39 bits per heavy atom. The summed E-state index contributed by atoms with van der Waals surface area (Å²) in [5, 5.41) is 16.9. The lowest BCUT2D eigenvalue weighted by Gasteiger charge is -2.27. The summed E-state index contributed by atoms with van der Waals surface area (Å²) < 4.78 is 0. The number of amides is 5. The molecule has 14 nitrogen and oxygen atoms in total. The van der Waals surface area contributed by atoms with Gasteiger partial charge in [-0.3, -0.25) is 24.0 Å². The second-order valence-electron chi connectivity index (χ2n) is 9.42. The molecule has 2 heterocycles. The number of carbonyl (C=O) groups is 5. The summed E-state index contributed by atoms with van der Waals surface area (Å²) in [5.74, 6) is -2.81. The topological polar surface area (TPSA) is 226 Å². The molecule has 0 saturated carbocycles. The number of hydrogen-bond acceptors (Lipinski definition) is 8. The van der Waals surface area contributed by atoms with Crippen molar-refractivity contribution in [3.63, 3.8) is 0 Å². The van der Waals surface area contributed by atoms with E-state index >= 15 is 0 Å². The molecule has 2 aromatic rings. The number of H-pyrrole nitrogens is 1. The van der Waals surface area contributed by atoms with Gasteiger partial charge in [-0.05, 0) is 43.9 Å². The minimum Gasteiger partial charge on any atom is -0.508 e. The maximum Gasteiger partial charge on any atom is 0.246 e. The van der Waals surface area contributed by atoms with Gasteiger partial charge >= 0.3 is 0 Å². The van der Waals surface area contributed by atoms with E-state index in [0.717, 1.165) is 5.56 Å². The Balaban J connectivity index is 0.00000420. The molecule has 3 rings (SSSR count). The number of phenols is 1. The van der Waals surface area contributed by atoms with E-state index in [4.69, 9.17) is 11.5 Å². The van der Waals surface area contributed by atoms with Crippen molar-refractivity contribution in [2.75, 3.05) is 13.1 Å². The number of carbonyl (C=O) groups excluding carboxylic acids is 5. The zero-order valence-corrected chi connectivity index (χ0v) is 24.0. The van der Waals surface area contributed by atoms with Gasteiger partial charge in [0.25, 0.3) is 0 Å². The average molecular weight is 616 g/mol. The van der Waals surface area contributed by atoms with Crippen molar-refractivity contribution in [1.82, 2.24) is 30.8 Å². The van der Waals surface area contributed by atoms with Crippen LogP contribution in [-0.2, 0) is 36.8 Å². The summed E-state index contributed by atoms with van der Waals surface area (Å²) in [5.41, 5.74) is 12.7. The molecule has 41 heavy (non-hydrogen) atoms. The lowest BCUT2D eigenvalue weighted by molar-refractivity contribution is -0.140. The first-order chi connectivity index (χ1) is 18.5. The molecule has 3 unspecified atom stereocenters. The molecule has 0 radical (unpaired) electrons. The number of nitrogens with zero attached hydrogens (tertiary/aromatic N) is 2. The average Bonchev–Trinajstić information content (AvgIpc) is 3.60. The molecule has 1 aliphatic heterocycles. The summed E-state index contributed by atoms with van der Waals surface area (Å²) >= 11 is 0. The van der Waals surface area contributed by atoms with Gasteiger partial charge in [-0.2, -0.15) is 0 Å². The molecule has 1 aliphatic rings. The summed E-state index contributed by atoms with van der Waals surface area (Å²) in [7, 11) is 0. The Morgan fingerprint density at radius 2 is 1.78 bits per heavy atom. The SMILES string of the molecule is C[C@H](NC(=O)C(N)Cc1ccc(O)cc1)C(=O)NCC(=O)NC(Cc1cnc[nH]1)C(=O)N1CCCC1C(N)=O.Cl.Cl. The molecule has 16 heteroatoms. The standard InChI is InChI=1S/C25H34N8O6.2ClH/c1-14(31-24(38)18(26)9-15-4-6-17(34)7-5-15)23(37)29-12-21(35)32-19(10-16-11-28-13-30-16)25(39)33-8-2-3-20(33)22(27)36;;/h4-7,11,13-14,18-20,34H,2-3,8-10,12,26H2,1H3,(H2,27,36)(H,28,30)(H,29,37)(H,31,38)(H,32,35);2*1H/t14-,18?,19?,20?;;/m0../s1. The highest BCUT2D eigenvalue weighted by molar-refractivity contribution is 5.94. The predicted molar refractivity (Wildman–Crippen MR) is 153 cm³/mol. The highest BCUT2D eigenvalue weighted by atomic mass is 35.5. The summed E-state index contributed by atoms with van der Waals surface area (Å²) in [4.78, 5) is 70.7. The third-order valence-electron chi connectivity index (χ3n) is 6.38. The molecule has 226 valence electrons. The second-order valence-corrected chi connectivity index (χ2v) is 9.42. The molecule has 4 atom stereocenters. The van der Waals surface area contributed by atoms with Gasteiger partial charge in [0.05, 0.1) is 18.9 Å². The van der Waals surface area contributed by atoms with Crippen LogP contribution in [0.15, 0.2) is 36.8 Å². The number of aromatic hydroxyl groups is 1. The van der Waals surface area contributed by atoms with Crippen molar-refractivity contribution in [1.29, 1.82) is 0 Å². The van der Waals surface area contributed by atoms with Gasteiger partial charge < -0.3 is 42.4 Å². The van der Waals surface area contributed by atoms with Crippen molar-refractivity contribution in [3.8, 4) is 5.75 Å². The maximum atomic E-state index is 13.2. The number of phenolic OH excluding ortho intramolecular Hbond substituents is 1. The monoisotopic (exact) mass is 614 g/mol. The molecular formula is C25H36Cl2N8O6. The Morgan fingerprint density at radius 1 is 1.10 bits per heavy atom. The zero-order chi connectivity index (χ0) is 28.5. The van der Waals surface area contributed by atoms with E-state index in [1.807, 2.05) is 0 Å². The quantitative estimate of drug-likeness (QED) is 0.151. The van der Waals surface area contributed by atoms with E-state index in [1.165, 1.54) is 36.5 Å². The minimum absolute atomic E-state index is 0. The first-order valence-corrected chi connectivity index (χ1v) is 12.5. The van der Waals surface area contributed by atoms with E-state index in [2.05, 4.69) is 25.9 Å². The van der Waals surface area contributed by atoms with Gasteiger partial charge in [0, 0.05) is 24.9 Å². The van der Waals surface area contributed by atoms with Crippen LogP contribution in [0.25, 0.3) is 0 Å². The zero-order valence-electron chi connectivity index (χ0n) is 22.4. The highest BCUT2D eigenvalue weighted by Gasteiger charge is 2.37.